The van der Waals surface area contributed by atoms with Crippen LogP contribution in [0.3, 0.4) is 0 Å². The molecule has 1 heterocycles. The zero-order chi connectivity index (χ0) is 14.5. The molecule has 0 unspecified atom stereocenters. The number of hydrogen-bond donors (Lipinski definition) is 0. The van der Waals surface area contributed by atoms with E-state index in [4.69, 9.17) is 4.74 Å². The molecule has 0 aliphatic heterocycles. The van der Waals surface area contributed by atoms with Gasteiger partial charge in [0.1, 0.15) is 5.75 Å². The first-order valence-corrected chi connectivity index (χ1v) is 6.89. The lowest BCUT2D eigenvalue weighted by atomic mass is 10.1. The van der Waals surface area contributed by atoms with Crippen LogP contribution in [0, 0.1) is 0 Å². The number of amides is 1. The summed E-state index contributed by atoms with van der Waals surface area (Å²) in [6.45, 7) is 0.482. The number of para-hydroxylation sites is 1. The van der Waals surface area contributed by atoms with E-state index in [0.29, 0.717) is 12.1 Å². The molecule has 1 aromatic carbocycles. The molecule has 0 fully saturated rings. The Morgan fingerprint density at radius 3 is 2.80 bits per heavy atom. The summed E-state index contributed by atoms with van der Waals surface area (Å²) >= 11 is 3.32. The number of benzene rings is 1. The van der Waals surface area contributed by atoms with Gasteiger partial charge in [-0.2, -0.15) is 0 Å². The molecule has 0 aliphatic carbocycles. The Morgan fingerprint density at radius 1 is 1.35 bits per heavy atom. The van der Waals surface area contributed by atoms with Crippen molar-refractivity contribution >= 4 is 21.8 Å². The second-order valence-corrected chi connectivity index (χ2v) is 5.28. The first kappa shape index (κ1) is 14.5. The summed E-state index contributed by atoms with van der Waals surface area (Å²) < 4.78 is 6.08. The Hall–Kier alpha value is -1.88. The molecule has 1 amide bonds. The predicted octanol–water partition coefficient (Wildman–Crippen LogP) is 3.12. The van der Waals surface area contributed by atoms with E-state index in [1.54, 1.807) is 37.5 Å². The SMILES string of the molecule is COc1ccccc1CN(C)C(=O)c1cncc(Br)c1. The third kappa shape index (κ3) is 3.36. The lowest BCUT2D eigenvalue weighted by Crippen LogP contribution is -2.26. The van der Waals surface area contributed by atoms with Crippen molar-refractivity contribution in [3.8, 4) is 5.75 Å². The zero-order valence-electron chi connectivity index (χ0n) is 11.3. The summed E-state index contributed by atoms with van der Waals surface area (Å²) in [6, 6.07) is 9.42. The van der Waals surface area contributed by atoms with Crippen molar-refractivity contribution < 1.29 is 9.53 Å². The van der Waals surface area contributed by atoms with Crippen LogP contribution in [0.2, 0.25) is 0 Å². The van der Waals surface area contributed by atoms with Crippen LogP contribution in [0.25, 0.3) is 0 Å². The van der Waals surface area contributed by atoms with E-state index in [1.807, 2.05) is 24.3 Å². The van der Waals surface area contributed by atoms with E-state index < -0.39 is 0 Å². The Labute approximate surface area is 126 Å². The standard InChI is InChI=1S/C15H15BrN2O2/c1-18(10-11-5-3-4-6-14(11)20-2)15(19)12-7-13(16)9-17-8-12/h3-9H,10H2,1-2H3. The molecule has 2 rings (SSSR count). The predicted molar refractivity (Wildman–Crippen MR) is 80.7 cm³/mol. The molecule has 2 aromatic rings. The number of rotatable bonds is 4. The average molecular weight is 335 g/mol. The highest BCUT2D eigenvalue weighted by Crippen LogP contribution is 2.20. The average Bonchev–Trinajstić information content (AvgIpc) is 2.47. The van der Waals surface area contributed by atoms with E-state index >= 15 is 0 Å². The van der Waals surface area contributed by atoms with Crippen LogP contribution in [0.5, 0.6) is 5.75 Å². The lowest BCUT2D eigenvalue weighted by Gasteiger charge is -2.18. The Morgan fingerprint density at radius 2 is 2.10 bits per heavy atom. The number of ether oxygens (including phenoxy) is 1. The van der Waals surface area contributed by atoms with Crippen LogP contribution in [0.4, 0.5) is 0 Å². The number of nitrogens with zero attached hydrogens (tertiary/aromatic N) is 2. The first-order chi connectivity index (χ1) is 9.61. The minimum atomic E-state index is -0.0790. The first-order valence-electron chi connectivity index (χ1n) is 6.09. The molecular weight excluding hydrogens is 320 g/mol. The molecule has 0 N–H and O–H groups in total. The van der Waals surface area contributed by atoms with Gasteiger partial charge in [-0.15, -0.1) is 0 Å². The van der Waals surface area contributed by atoms with Gasteiger partial charge < -0.3 is 9.64 Å². The van der Waals surface area contributed by atoms with Crippen molar-refractivity contribution in [2.24, 2.45) is 0 Å². The van der Waals surface area contributed by atoms with Crippen LogP contribution >= 0.6 is 15.9 Å². The van der Waals surface area contributed by atoms with Crippen molar-refractivity contribution in [2.45, 2.75) is 6.54 Å². The summed E-state index contributed by atoms with van der Waals surface area (Å²) in [5, 5.41) is 0. The summed E-state index contributed by atoms with van der Waals surface area (Å²) in [5.41, 5.74) is 1.52. The third-order valence-electron chi connectivity index (χ3n) is 2.90. The van der Waals surface area contributed by atoms with Gasteiger partial charge in [0.25, 0.3) is 5.91 Å². The molecule has 0 aliphatic rings. The summed E-state index contributed by atoms with van der Waals surface area (Å²) in [7, 11) is 3.38. The number of halogens is 1. The summed E-state index contributed by atoms with van der Waals surface area (Å²) in [4.78, 5) is 18.0. The molecule has 1 aromatic heterocycles. The number of carbonyl (C=O) groups is 1. The molecule has 104 valence electrons. The molecule has 0 atom stereocenters. The van der Waals surface area contributed by atoms with Gasteiger partial charge in [-0.1, -0.05) is 18.2 Å². The van der Waals surface area contributed by atoms with Gasteiger partial charge in [0.05, 0.1) is 12.7 Å². The van der Waals surface area contributed by atoms with Crippen LogP contribution in [0.15, 0.2) is 47.2 Å². The lowest BCUT2D eigenvalue weighted by molar-refractivity contribution is 0.0783. The van der Waals surface area contributed by atoms with Gasteiger partial charge in [-0.25, -0.2) is 0 Å². The van der Waals surface area contributed by atoms with Gasteiger partial charge >= 0.3 is 0 Å². The number of methoxy groups -OCH3 is 1. The molecule has 0 spiro atoms. The molecule has 0 saturated carbocycles. The van der Waals surface area contributed by atoms with E-state index in [0.717, 1.165) is 15.8 Å². The largest absolute Gasteiger partial charge is 0.496 e. The van der Waals surface area contributed by atoms with Crippen molar-refractivity contribution in [1.82, 2.24) is 9.88 Å². The summed E-state index contributed by atoms with van der Waals surface area (Å²) in [6.07, 6.45) is 3.21. The maximum atomic E-state index is 12.3. The Kier molecular flexibility index (Phi) is 4.74. The zero-order valence-corrected chi connectivity index (χ0v) is 12.9. The van der Waals surface area contributed by atoms with Gasteiger partial charge in [0.2, 0.25) is 0 Å². The number of carbonyl (C=O) groups excluding carboxylic acids is 1. The second kappa shape index (κ2) is 6.52. The van der Waals surface area contributed by atoms with Crippen molar-refractivity contribution in [3.05, 3.63) is 58.3 Å². The van der Waals surface area contributed by atoms with Crippen LogP contribution in [0.1, 0.15) is 15.9 Å². The monoisotopic (exact) mass is 334 g/mol. The van der Waals surface area contributed by atoms with E-state index in [-0.39, 0.29) is 5.91 Å². The molecule has 0 saturated heterocycles. The van der Waals surface area contributed by atoms with Crippen LogP contribution in [-0.2, 0) is 6.54 Å². The van der Waals surface area contributed by atoms with Crippen molar-refractivity contribution in [3.63, 3.8) is 0 Å². The third-order valence-corrected chi connectivity index (χ3v) is 3.33. The highest BCUT2D eigenvalue weighted by atomic mass is 79.9. The minimum absolute atomic E-state index is 0.0790. The van der Waals surface area contributed by atoms with Crippen LogP contribution < -0.4 is 4.74 Å². The van der Waals surface area contributed by atoms with E-state index in [9.17, 15) is 4.79 Å². The maximum Gasteiger partial charge on any atom is 0.255 e. The normalized spacial score (nSPS) is 10.2. The highest BCUT2D eigenvalue weighted by molar-refractivity contribution is 9.10. The van der Waals surface area contributed by atoms with Gasteiger partial charge in [-0.05, 0) is 28.1 Å². The van der Waals surface area contributed by atoms with Crippen molar-refractivity contribution in [2.75, 3.05) is 14.2 Å². The molecule has 5 heteroatoms. The van der Waals surface area contributed by atoms with Gasteiger partial charge in [0.15, 0.2) is 0 Å². The Balaban J connectivity index is 2.15. The maximum absolute atomic E-state index is 12.3. The smallest absolute Gasteiger partial charge is 0.255 e. The highest BCUT2D eigenvalue weighted by Gasteiger charge is 2.14. The fraction of sp³-hybridized carbons (Fsp3) is 0.200. The molecule has 0 bridgehead atoms. The molecular formula is C15H15BrN2O2. The van der Waals surface area contributed by atoms with Crippen molar-refractivity contribution in [1.29, 1.82) is 0 Å². The topological polar surface area (TPSA) is 42.4 Å². The fourth-order valence-corrected chi connectivity index (χ4v) is 2.27. The second-order valence-electron chi connectivity index (χ2n) is 4.36. The van der Waals surface area contributed by atoms with E-state index in [1.165, 1.54) is 0 Å². The molecule has 4 nitrogen and oxygen atoms in total. The number of aromatic nitrogens is 1. The number of pyridine rings is 1. The van der Waals surface area contributed by atoms with E-state index in [2.05, 4.69) is 20.9 Å². The minimum Gasteiger partial charge on any atom is -0.496 e. The van der Waals surface area contributed by atoms with Gasteiger partial charge in [0, 0.05) is 36.0 Å². The molecule has 0 radical (unpaired) electrons. The summed E-state index contributed by atoms with van der Waals surface area (Å²) in [5.74, 6) is 0.698. The quantitative estimate of drug-likeness (QED) is 0.862. The fourth-order valence-electron chi connectivity index (χ4n) is 1.91. The number of hydrogen-bond acceptors (Lipinski definition) is 3. The van der Waals surface area contributed by atoms with Gasteiger partial charge in [-0.3, -0.25) is 9.78 Å². The Bertz CT molecular complexity index is 616. The van der Waals surface area contributed by atoms with Crippen LogP contribution in [-0.4, -0.2) is 29.9 Å². The molecule has 20 heavy (non-hydrogen) atoms.